The molecule has 0 radical (unpaired) electrons. The Hall–Kier alpha value is -0.0800. The van der Waals surface area contributed by atoms with Crippen molar-refractivity contribution in [2.75, 3.05) is 0 Å². The molecule has 16 heavy (non-hydrogen) atoms. The lowest BCUT2D eigenvalue weighted by atomic mass is 9.78. The normalized spacial score (nSPS) is 15.1. The number of nitrogens with zero attached hydrogens (tertiary/aromatic N) is 1. The molecule has 0 saturated carbocycles. The number of hydrogen-bond donors (Lipinski definition) is 0. The molecule has 0 aliphatic rings. The number of rotatable bonds is 6. The molecule has 0 fully saturated rings. The van der Waals surface area contributed by atoms with Gasteiger partial charge in [0.05, 0.1) is 10.7 Å². The summed E-state index contributed by atoms with van der Waals surface area (Å²) >= 11 is 7.89. The number of aromatic nitrogens is 1. The van der Waals surface area contributed by atoms with E-state index in [9.17, 15) is 0 Å². The van der Waals surface area contributed by atoms with E-state index in [1.165, 1.54) is 43.6 Å². The Bertz CT molecular complexity index is 335. The molecule has 0 aliphatic carbocycles. The quantitative estimate of drug-likeness (QED) is 0.671. The first-order valence-electron chi connectivity index (χ1n) is 6.17. The average Bonchev–Trinajstić information content (AvgIpc) is 2.58. The molecule has 0 N–H and O–H groups in total. The predicted octanol–water partition coefficient (Wildman–Crippen LogP) is 5.35. The SMILES string of the molecule is CCCCC(C)(CCC)c1nsc(C)c1Cl. The van der Waals surface area contributed by atoms with Gasteiger partial charge in [0.1, 0.15) is 0 Å². The Morgan fingerprint density at radius 2 is 1.94 bits per heavy atom. The van der Waals surface area contributed by atoms with E-state index in [2.05, 4.69) is 32.1 Å². The summed E-state index contributed by atoms with van der Waals surface area (Å²) in [6.07, 6.45) is 6.05. The third-order valence-corrected chi connectivity index (χ3v) is 4.57. The van der Waals surface area contributed by atoms with Crippen LogP contribution < -0.4 is 0 Å². The third kappa shape index (κ3) is 2.98. The maximum atomic E-state index is 6.36. The van der Waals surface area contributed by atoms with Crippen LogP contribution in [0.5, 0.6) is 0 Å². The van der Waals surface area contributed by atoms with Crippen LogP contribution in [-0.2, 0) is 5.41 Å². The minimum Gasteiger partial charge on any atom is -0.195 e. The van der Waals surface area contributed by atoms with Crippen molar-refractivity contribution in [2.24, 2.45) is 0 Å². The number of halogens is 1. The maximum Gasteiger partial charge on any atom is 0.0789 e. The highest BCUT2D eigenvalue weighted by Crippen LogP contribution is 2.39. The maximum absolute atomic E-state index is 6.36. The molecule has 1 atom stereocenters. The Morgan fingerprint density at radius 1 is 1.25 bits per heavy atom. The van der Waals surface area contributed by atoms with Gasteiger partial charge in [0.15, 0.2) is 0 Å². The lowest BCUT2D eigenvalue weighted by molar-refractivity contribution is 0.376. The minimum absolute atomic E-state index is 0.173. The fraction of sp³-hybridized carbons (Fsp3) is 0.769. The van der Waals surface area contributed by atoms with Crippen LogP contribution in [-0.4, -0.2) is 4.37 Å². The van der Waals surface area contributed by atoms with Crippen LogP contribution in [0.1, 0.15) is 63.4 Å². The second kappa shape index (κ2) is 6.02. The molecule has 1 heterocycles. The van der Waals surface area contributed by atoms with Gasteiger partial charge in [-0.15, -0.1) is 0 Å². The van der Waals surface area contributed by atoms with E-state index in [4.69, 9.17) is 11.6 Å². The topological polar surface area (TPSA) is 12.9 Å². The Kier molecular flexibility index (Phi) is 5.26. The van der Waals surface area contributed by atoms with Gasteiger partial charge in [-0.2, -0.15) is 4.37 Å². The fourth-order valence-corrected chi connectivity index (χ4v) is 3.36. The molecule has 0 bridgehead atoms. The van der Waals surface area contributed by atoms with Gasteiger partial charge in [0.25, 0.3) is 0 Å². The van der Waals surface area contributed by atoms with Gasteiger partial charge >= 0.3 is 0 Å². The van der Waals surface area contributed by atoms with Gasteiger partial charge in [0, 0.05) is 10.3 Å². The molecule has 0 aromatic carbocycles. The highest BCUT2D eigenvalue weighted by Gasteiger charge is 2.30. The Labute approximate surface area is 108 Å². The molecule has 0 aliphatic heterocycles. The first-order valence-corrected chi connectivity index (χ1v) is 7.32. The zero-order valence-electron chi connectivity index (χ0n) is 10.8. The second-order valence-electron chi connectivity index (χ2n) is 4.82. The van der Waals surface area contributed by atoms with Crippen LogP contribution in [0.3, 0.4) is 0 Å². The summed E-state index contributed by atoms with van der Waals surface area (Å²) in [5.41, 5.74) is 1.30. The molecular weight excluding hydrogens is 238 g/mol. The number of unbranched alkanes of at least 4 members (excludes halogenated alkanes) is 1. The first kappa shape index (κ1) is 14.0. The molecule has 92 valence electrons. The van der Waals surface area contributed by atoms with Gasteiger partial charge < -0.3 is 0 Å². The first-order chi connectivity index (χ1) is 7.55. The summed E-state index contributed by atoms with van der Waals surface area (Å²) in [4.78, 5) is 1.15. The molecular formula is C13H22ClNS. The molecule has 1 aromatic heterocycles. The fourth-order valence-electron chi connectivity index (χ4n) is 2.22. The minimum atomic E-state index is 0.173. The second-order valence-corrected chi connectivity index (χ2v) is 6.17. The van der Waals surface area contributed by atoms with Crippen molar-refractivity contribution < 1.29 is 0 Å². The molecule has 1 aromatic rings. The summed E-state index contributed by atoms with van der Waals surface area (Å²) < 4.78 is 4.57. The molecule has 1 nitrogen and oxygen atoms in total. The highest BCUT2D eigenvalue weighted by atomic mass is 35.5. The monoisotopic (exact) mass is 259 g/mol. The average molecular weight is 260 g/mol. The molecule has 1 rings (SSSR count). The molecule has 0 spiro atoms. The van der Waals surface area contributed by atoms with Crippen LogP contribution in [0, 0.1) is 6.92 Å². The summed E-state index contributed by atoms with van der Waals surface area (Å²) in [6, 6.07) is 0. The van der Waals surface area contributed by atoms with Gasteiger partial charge in [0.2, 0.25) is 0 Å². The largest absolute Gasteiger partial charge is 0.195 e. The molecule has 1 unspecified atom stereocenters. The van der Waals surface area contributed by atoms with E-state index >= 15 is 0 Å². The summed E-state index contributed by atoms with van der Waals surface area (Å²) in [5.74, 6) is 0. The van der Waals surface area contributed by atoms with E-state index < -0.39 is 0 Å². The lowest BCUT2D eigenvalue weighted by Gasteiger charge is -2.28. The zero-order valence-corrected chi connectivity index (χ0v) is 12.3. The van der Waals surface area contributed by atoms with Crippen LogP contribution in [0.4, 0.5) is 0 Å². The van der Waals surface area contributed by atoms with E-state index in [-0.39, 0.29) is 5.41 Å². The molecule has 3 heteroatoms. The lowest BCUT2D eigenvalue weighted by Crippen LogP contribution is -2.22. The number of hydrogen-bond acceptors (Lipinski definition) is 2. The smallest absolute Gasteiger partial charge is 0.0789 e. The van der Waals surface area contributed by atoms with Crippen LogP contribution in [0.15, 0.2) is 0 Å². The zero-order chi connectivity index (χ0) is 12.2. The van der Waals surface area contributed by atoms with Crippen LogP contribution in [0.2, 0.25) is 5.02 Å². The Balaban J connectivity index is 2.96. The van der Waals surface area contributed by atoms with Crippen molar-refractivity contribution in [3.63, 3.8) is 0 Å². The summed E-state index contributed by atoms with van der Waals surface area (Å²) in [7, 11) is 0. The van der Waals surface area contributed by atoms with Crippen molar-refractivity contribution in [3.05, 3.63) is 15.6 Å². The molecule has 0 saturated heterocycles. The van der Waals surface area contributed by atoms with Crippen molar-refractivity contribution in [1.82, 2.24) is 4.37 Å². The third-order valence-electron chi connectivity index (χ3n) is 3.25. The summed E-state index contributed by atoms with van der Waals surface area (Å²) in [6.45, 7) is 8.83. The summed E-state index contributed by atoms with van der Waals surface area (Å²) in [5, 5.41) is 0.900. The van der Waals surface area contributed by atoms with Gasteiger partial charge in [-0.05, 0) is 31.3 Å². The van der Waals surface area contributed by atoms with Crippen LogP contribution >= 0.6 is 23.1 Å². The Morgan fingerprint density at radius 3 is 2.38 bits per heavy atom. The van der Waals surface area contributed by atoms with E-state index in [0.29, 0.717) is 0 Å². The van der Waals surface area contributed by atoms with E-state index in [1.807, 2.05) is 0 Å². The standard InChI is InChI=1S/C13H22ClNS/c1-5-7-9-13(4,8-6-2)12-11(14)10(3)16-15-12/h5-9H2,1-4H3. The molecule has 0 amide bonds. The van der Waals surface area contributed by atoms with Crippen molar-refractivity contribution in [3.8, 4) is 0 Å². The van der Waals surface area contributed by atoms with Gasteiger partial charge in [-0.1, -0.05) is 51.6 Å². The van der Waals surface area contributed by atoms with Gasteiger partial charge in [-0.25, -0.2) is 0 Å². The number of aryl methyl sites for hydroxylation is 1. The van der Waals surface area contributed by atoms with E-state index in [0.717, 1.165) is 15.6 Å². The van der Waals surface area contributed by atoms with E-state index in [1.54, 1.807) is 0 Å². The van der Waals surface area contributed by atoms with Crippen molar-refractivity contribution in [2.45, 2.75) is 65.2 Å². The van der Waals surface area contributed by atoms with Crippen molar-refractivity contribution in [1.29, 1.82) is 0 Å². The highest BCUT2D eigenvalue weighted by molar-refractivity contribution is 7.06. The van der Waals surface area contributed by atoms with Crippen LogP contribution in [0.25, 0.3) is 0 Å². The van der Waals surface area contributed by atoms with Gasteiger partial charge in [-0.3, -0.25) is 0 Å². The predicted molar refractivity (Wildman–Crippen MR) is 73.6 cm³/mol. The van der Waals surface area contributed by atoms with Crippen molar-refractivity contribution >= 4 is 23.1 Å².